The third kappa shape index (κ3) is 2.43. The average molecular weight is 415 g/mol. The highest BCUT2D eigenvalue weighted by atomic mass is 16.5. The fraction of sp³-hybridized carbons (Fsp3) is 0.0385. The third-order valence-corrected chi connectivity index (χ3v) is 6.20. The van der Waals surface area contributed by atoms with Gasteiger partial charge in [-0.15, -0.1) is 5.10 Å². The molecule has 32 heavy (non-hydrogen) atoms. The average Bonchev–Trinajstić information content (AvgIpc) is 3.44. The summed E-state index contributed by atoms with van der Waals surface area (Å²) in [5.74, 6) is 0.780. The van der Waals surface area contributed by atoms with Gasteiger partial charge in [0.15, 0.2) is 11.4 Å². The van der Waals surface area contributed by atoms with Crippen LogP contribution in [0.25, 0.3) is 44.4 Å². The lowest BCUT2D eigenvalue weighted by Crippen LogP contribution is -2.11. The van der Waals surface area contributed by atoms with Gasteiger partial charge in [0.1, 0.15) is 5.52 Å². The molecule has 2 N–H and O–H groups in total. The van der Waals surface area contributed by atoms with Crippen LogP contribution in [0.15, 0.2) is 89.7 Å². The highest BCUT2D eigenvalue weighted by molar-refractivity contribution is 6.01. The monoisotopic (exact) mass is 415 g/mol. The summed E-state index contributed by atoms with van der Waals surface area (Å²) in [7, 11) is 0. The maximum Gasteiger partial charge on any atom is 0.174 e. The second-order valence-corrected chi connectivity index (χ2v) is 8.00. The molecule has 0 radical (unpaired) electrons. The van der Waals surface area contributed by atoms with Crippen LogP contribution in [0, 0.1) is 0 Å². The van der Waals surface area contributed by atoms with E-state index in [-0.39, 0.29) is 6.04 Å². The Kier molecular flexibility index (Phi) is 3.52. The lowest BCUT2D eigenvalue weighted by atomic mass is 9.96. The largest absolute Gasteiger partial charge is 0.374 e. The minimum absolute atomic E-state index is 0.0710. The molecule has 6 aromatic rings. The summed E-state index contributed by atoms with van der Waals surface area (Å²) < 4.78 is 5.73. The molecule has 0 bridgehead atoms. The molecule has 1 aliphatic heterocycles. The number of hydrogen-bond acceptors (Lipinski definition) is 5. The van der Waals surface area contributed by atoms with Crippen molar-refractivity contribution in [2.45, 2.75) is 6.04 Å². The molecule has 6 nitrogen and oxygen atoms in total. The molecule has 1 aliphatic rings. The second kappa shape index (κ2) is 6.52. The zero-order valence-electron chi connectivity index (χ0n) is 16.9. The number of benzene rings is 3. The summed E-state index contributed by atoms with van der Waals surface area (Å²) >= 11 is 0. The topological polar surface area (TPSA) is 79.6 Å². The van der Waals surface area contributed by atoms with Crippen LogP contribution in [-0.2, 0) is 0 Å². The molecule has 6 heteroatoms. The van der Waals surface area contributed by atoms with E-state index in [2.05, 4.69) is 56.0 Å². The zero-order chi connectivity index (χ0) is 21.1. The maximum atomic E-state index is 5.73. The normalized spacial score (nSPS) is 14.8. The molecular weight excluding hydrogens is 398 g/mol. The van der Waals surface area contributed by atoms with E-state index in [1.807, 2.05) is 54.9 Å². The first-order chi connectivity index (χ1) is 15.9. The number of nitrogens with one attached hydrogen (secondary N) is 2. The number of aromatic nitrogens is 4. The van der Waals surface area contributed by atoms with E-state index in [0.29, 0.717) is 0 Å². The van der Waals surface area contributed by atoms with E-state index >= 15 is 0 Å². The minimum atomic E-state index is -0.0710. The maximum absolute atomic E-state index is 5.73. The first-order valence-electron chi connectivity index (χ1n) is 10.5. The molecule has 7 rings (SSSR count). The molecule has 152 valence electrons. The van der Waals surface area contributed by atoms with Gasteiger partial charge in [0, 0.05) is 39.5 Å². The molecule has 1 unspecified atom stereocenters. The Morgan fingerprint density at radius 3 is 2.69 bits per heavy atom. The van der Waals surface area contributed by atoms with Gasteiger partial charge in [-0.2, -0.15) is 5.10 Å². The van der Waals surface area contributed by atoms with Gasteiger partial charge in [-0.25, -0.2) is 0 Å². The summed E-state index contributed by atoms with van der Waals surface area (Å²) in [5.41, 5.74) is 8.16. The van der Waals surface area contributed by atoms with Crippen molar-refractivity contribution in [3.63, 3.8) is 0 Å². The van der Waals surface area contributed by atoms with Crippen molar-refractivity contribution in [2.24, 2.45) is 0 Å². The minimum Gasteiger partial charge on any atom is -0.374 e. The van der Waals surface area contributed by atoms with Crippen LogP contribution in [0.4, 0.5) is 5.69 Å². The van der Waals surface area contributed by atoms with Crippen LogP contribution in [0.5, 0.6) is 0 Å². The van der Waals surface area contributed by atoms with E-state index < -0.39 is 0 Å². The number of nitrogens with zero attached hydrogens (tertiary/aromatic N) is 3. The van der Waals surface area contributed by atoms with Gasteiger partial charge < -0.3 is 14.8 Å². The number of para-hydroxylation sites is 1. The molecule has 4 heterocycles. The third-order valence-electron chi connectivity index (χ3n) is 6.20. The van der Waals surface area contributed by atoms with Crippen LogP contribution >= 0.6 is 0 Å². The quantitative estimate of drug-likeness (QED) is 0.365. The Labute approximate surface area is 182 Å². The van der Waals surface area contributed by atoms with E-state index in [9.17, 15) is 0 Å². The van der Waals surface area contributed by atoms with Crippen molar-refractivity contribution >= 4 is 27.6 Å². The van der Waals surface area contributed by atoms with E-state index in [4.69, 9.17) is 4.52 Å². The van der Waals surface area contributed by atoms with E-state index in [1.165, 1.54) is 0 Å². The highest BCUT2D eigenvalue weighted by Gasteiger charge is 2.27. The standard InChI is InChI=1S/C26H17N5O/c1-2-6-15(7-3-1)25-18-12-16(10-11-22(18)31-32-25)24-20-13-27-26-23(20)19(14-28-30-26)17-8-4-5-9-21(17)29-24/h1-14,24,29H,(H,27,30). The molecule has 3 aromatic carbocycles. The first kappa shape index (κ1) is 17.3. The van der Waals surface area contributed by atoms with Gasteiger partial charge >= 0.3 is 0 Å². The Morgan fingerprint density at radius 1 is 0.875 bits per heavy atom. The van der Waals surface area contributed by atoms with Gasteiger partial charge in [-0.3, -0.25) is 0 Å². The molecule has 0 saturated heterocycles. The summed E-state index contributed by atoms with van der Waals surface area (Å²) in [6.07, 6.45) is 3.88. The number of anilines is 1. The molecule has 3 aromatic heterocycles. The Bertz CT molecular complexity index is 1620. The first-order valence-corrected chi connectivity index (χ1v) is 10.5. The second-order valence-electron chi connectivity index (χ2n) is 8.00. The molecule has 1 atom stereocenters. The number of aromatic amines is 1. The predicted octanol–water partition coefficient (Wildman–Crippen LogP) is 5.95. The fourth-order valence-corrected chi connectivity index (χ4v) is 4.71. The van der Waals surface area contributed by atoms with E-state index in [1.54, 1.807) is 0 Å². The summed E-state index contributed by atoms with van der Waals surface area (Å²) in [6.45, 7) is 0. The Balaban J connectivity index is 1.47. The summed E-state index contributed by atoms with van der Waals surface area (Å²) in [6, 6.07) is 24.6. The van der Waals surface area contributed by atoms with Gasteiger partial charge in [-0.1, -0.05) is 59.8 Å². The molecular formula is C26H17N5O. The van der Waals surface area contributed by atoms with Crippen LogP contribution in [0.2, 0.25) is 0 Å². The molecule has 0 aliphatic carbocycles. The molecule has 0 saturated carbocycles. The smallest absolute Gasteiger partial charge is 0.174 e. The van der Waals surface area contributed by atoms with Crippen molar-refractivity contribution in [2.75, 3.05) is 5.32 Å². The van der Waals surface area contributed by atoms with Crippen molar-refractivity contribution in [3.05, 3.63) is 96.3 Å². The van der Waals surface area contributed by atoms with Crippen molar-refractivity contribution in [1.29, 1.82) is 0 Å². The summed E-state index contributed by atoms with van der Waals surface area (Å²) in [4.78, 5) is 3.30. The molecule has 0 spiro atoms. The SMILES string of the molecule is c1ccc(-c2onc3ccc(C4Nc5ccccc5-c5cnnc6[nH]cc4c56)cc23)cc1. The number of fused-ring (bicyclic) bond motifs is 3. The van der Waals surface area contributed by atoms with Gasteiger partial charge in [-0.05, 0) is 23.8 Å². The predicted molar refractivity (Wildman–Crippen MR) is 124 cm³/mol. The van der Waals surface area contributed by atoms with Crippen molar-refractivity contribution in [1.82, 2.24) is 20.3 Å². The van der Waals surface area contributed by atoms with Gasteiger partial charge in [0.05, 0.1) is 17.6 Å². The Morgan fingerprint density at radius 2 is 1.75 bits per heavy atom. The number of rotatable bonds is 2. The van der Waals surface area contributed by atoms with Gasteiger partial charge in [0.25, 0.3) is 0 Å². The lowest BCUT2D eigenvalue weighted by Gasteiger charge is -2.19. The summed E-state index contributed by atoms with van der Waals surface area (Å²) in [5, 5.41) is 18.7. The van der Waals surface area contributed by atoms with Crippen molar-refractivity contribution in [3.8, 4) is 22.5 Å². The Hall–Kier alpha value is -4.45. The van der Waals surface area contributed by atoms with Crippen LogP contribution in [0.1, 0.15) is 17.2 Å². The number of H-pyrrole nitrogens is 1. The van der Waals surface area contributed by atoms with Gasteiger partial charge in [0.2, 0.25) is 0 Å². The van der Waals surface area contributed by atoms with Crippen molar-refractivity contribution < 1.29 is 4.52 Å². The zero-order valence-corrected chi connectivity index (χ0v) is 16.9. The van der Waals surface area contributed by atoms with Crippen LogP contribution < -0.4 is 5.32 Å². The number of hydrogen-bond donors (Lipinski definition) is 2. The van der Waals surface area contributed by atoms with E-state index in [0.717, 1.165) is 61.2 Å². The van der Waals surface area contributed by atoms with Crippen LogP contribution in [0.3, 0.4) is 0 Å². The lowest BCUT2D eigenvalue weighted by molar-refractivity contribution is 0.441. The molecule has 0 fully saturated rings. The highest BCUT2D eigenvalue weighted by Crippen LogP contribution is 2.43. The molecule has 0 amide bonds. The van der Waals surface area contributed by atoms with Crippen LogP contribution in [-0.4, -0.2) is 20.3 Å². The fourth-order valence-electron chi connectivity index (χ4n) is 4.71.